The minimum atomic E-state index is -3.57. The van der Waals surface area contributed by atoms with Crippen LogP contribution in [0.25, 0.3) is 0 Å². The SMILES string of the molecule is Cc1cccc(Cl)c1NS(=O)(=O)Cc1ccc(C#N)cc1. The van der Waals surface area contributed by atoms with Gasteiger partial charge >= 0.3 is 0 Å². The molecule has 2 aromatic rings. The molecule has 0 saturated carbocycles. The number of para-hydroxylation sites is 1. The number of hydrogen-bond donors (Lipinski definition) is 1. The van der Waals surface area contributed by atoms with E-state index in [1.165, 1.54) is 0 Å². The molecular formula is C15H13ClN2O2S. The summed E-state index contributed by atoms with van der Waals surface area (Å²) in [5, 5.41) is 9.08. The Balaban J connectivity index is 2.21. The van der Waals surface area contributed by atoms with Gasteiger partial charge in [0.15, 0.2) is 0 Å². The summed E-state index contributed by atoms with van der Waals surface area (Å²) < 4.78 is 26.9. The van der Waals surface area contributed by atoms with Crippen LogP contribution in [0, 0.1) is 18.3 Å². The molecule has 0 heterocycles. The normalized spacial score (nSPS) is 10.9. The highest BCUT2D eigenvalue weighted by Crippen LogP contribution is 2.26. The number of halogens is 1. The maximum Gasteiger partial charge on any atom is 0.236 e. The van der Waals surface area contributed by atoms with Crippen molar-refractivity contribution >= 4 is 27.3 Å². The third-order valence-electron chi connectivity index (χ3n) is 2.92. The Kier molecular flexibility index (Phi) is 4.51. The van der Waals surface area contributed by atoms with Gasteiger partial charge in [-0.25, -0.2) is 8.42 Å². The predicted molar refractivity (Wildman–Crippen MR) is 83.6 cm³/mol. The molecule has 0 unspecified atom stereocenters. The van der Waals surface area contributed by atoms with E-state index in [-0.39, 0.29) is 5.75 Å². The Bertz CT molecular complexity index is 773. The van der Waals surface area contributed by atoms with Gasteiger partial charge in [-0.15, -0.1) is 0 Å². The van der Waals surface area contributed by atoms with Gasteiger partial charge in [0.1, 0.15) is 0 Å². The van der Waals surface area contributed by atoms with Crippen molar-refractivity contribution < 1.29 is 8.42 Å². The number of nitriles is 1. The maximum atomic E-state index is 12.2. The van der Waals surface area contributed by atoms with Crippen LogP contribution in [-0.2, 0) is 15.8 Å². The number of rotatable bonds is 4. The van der Waals surface area contributed by atoms with Gasteiger partial charge in [0, 0.05) is 0 Å². The third-order valence-corrected chi connectivity index (χ3v) is 4.46. The van der Waals surface area contributed by atoms with Crippen molar-refractivity contribution in [1.29, 1.82) is 5.26 Å². The molecule has 0 atom stereocenters. The van der Waals surface area contributed by atoms with E-state index in [1.54, 1.807) is 49.4 Å². The Hall–Kier alpha value is -2.03. The Morgan fingerprint density at radius 1 is 1.19 bits per heavy atom. The molecule has 0 aliphatic heterocycles. The molecule has 2 aromatic carbocycles. The Labute approximate surface area is 129 Å². The molecule has 0 bridgehead atoms. The van der Waals surface area contributed by atoms with Crippen molar-refractivity contribution in [3.8, 4) is 6.07 Å². The van der Waals surface area contributed by atoms with Crippen LogP contribution < -0.4 is 4.72 Å². The number of nitrogens with zero attached hydrogens (tertiary/aromatic N) is 1. The molecule has 21 heavy (non-hydrogen) atoms. The molecule has 0 aliphatic rings. The first-order valence-corrected chi connectivity index (χ1v) is 8.19. The number of aryl methyl sites for hydroxylation is 1. The second-order valence-corrected chi connectivity index (χ2v) is 6.73. The van der Waals surface area contributed by atoms with E-state index in [1.807, 2.05) is 6.07 Å². The van der Waals surface area contributed by atoms with Crippen molar-refractivity contribution in [2.75, 3.05) is 4.72 Å². The second-order valence-electron chi connectivity index (χ2n) is 4.60. The summed E-state index contributed by atoms with van der Waals surface area (Å²) in [7, 11) is -3.57. The molecule has 0 amide bonds. The van der Waals surface area contributed by atoms with Gasteiger partial charge in [-0.1, -0.05) is 35.9 Å². The Morgan fingerprint density at radius 2 is 1.86 bits per heavy atom. The van der Waals surface area contributed by atoms with Crippen LogP contribution in [0.15, 0.2) is 42.5 Å². The van der Waals surface area contributed by atoms with Crippen LogP contribution >= 0.6 is 11.6 Å². The summed E-state index contributed by atoms with van der Waals surface area (Å²) in [6, 6.07) is 13.6. The third kappa shape index (κ3) is 3.97. The smallest absolute Gasteiger partial charge is 0.236 e. The van der Waals surface area contributed by atoms with Gasteiger partial charge in [-0.2, -0.15) is 5.26 Å². The van der Waals surface area contributed by atoms with E-state index in [2.05, 4.69) is 4.72 Å². The van der Waals surface area contributed by atoms with Crippen molar-refractivity contribution in [2.24, 2.45) is 0 Å². The maximum absolute atomic E-state index is 12.2. The van der Waals surface area contributed by atoms with Crippen molar-refractivity contribution in [2.45, 2.75) is 12.7 Å². The lowest BCUT2D eigenvalue weighted by Crippen LogP contribution is -2.16. The summed E-state index contributed by atoms with van der Waals surface area (Å²) >= 11 is 6.02. The summed E-state index contributed by atoms with van der Waals surface area (Å²) in [6.07, 6.45) is 0. The van der Waals surface area contributed by atoms with Crippen LogP contribution in [0.3, 0.4) is 0 Å². The number of benzene rings is 2. The van der Waals surface area contributed by atoms with Crippen LogP contribution in [0.1, 0.15) is 16.7 Å². The second kappa shape index (κ2) is 6.17. The first-order valence-electron chi connectivity index (χ1n) is 6.16. The molecule has 108 valence electrons. The van der Waals surface area contributed by atoms with Crippen molar-refractivity contribution in [3.05, 3.63) is 64.2 Å². The van der Waals surface area contributed by atoms with E-state index >= 15 is 0 Å². The molecule has 0 fully saturated rings. The fourth-order valence-corrected chi connectivity index (χ4v) is 3.46. The first kappa shape index (κ1) is 15.4. The van der Waals surface area contributed by atoms with Crippen LogP contribution in [0.5, 0.6) is 0 Å². The molecular weight excluding hydrogens is 308 g/mol. The fraction of sp³-hybridized carbons (Fsp3) is 0.133. The molecule has 0 saturated heterocycles. The van der Waals surface area contributed by atoms with Crippen molar-refractivity contribution in [3.63, 3.8) is 0 Å². The van der Waals surface area contributed by atoms with Crippen LogP contribution in [0.4, 0.5) is 5.69 Å². The van der Waals surface area contributed by atoms with Crippen molar-refractivity contribution in [1.82, 2.24) is 0 Å². The van der Waals surface area contributed by atoms with Crippen LogP contribution in [0.2, 0.25) is 5.02 Å². The molecule has 6 heteroatoms. The van der Waals surface area contributed by atoms with E-state index in [9.17, 15) is 8.42 Å². The zero-order valence-corrected chi connectivity index (χ0v) is 12.9. The van der Waals surface area contributed by atoms with Gasteiger partial charge in [0.25, 0.3) is 0 Å². The molecule has 2 rings (SSSR count). The lowest BCUT2D eigenvalue weighted by Gasteiger charge is -2.12. The standard InChI is InChI=1S/C15H13ClN2O2S/c1-11-3-2-4-14(16)15(11)18-21(19,20)10-13-7-5-12(9-17)6-8-13/h2-8,18H,10H2,1H3. The average molecular weight is 321 g/mol. The minimum Gasteiger partial charge on any atom is -0.281 e. The molecule has 4 nitrogen and oxygen atoms in total. The summed E-state index contributed by atoms with van der Waals surface area (Å²) in [5.41, 5.74) is 2.25. The number of nitrogens with one attached hydrogen (secondary N) is 1. The summed E-state index contributed by atoms with van der Waals surface area (Å²) in [6.45, 7) is 1.78. The van der Waals surface area contributed by atoms with E-state index in [0.717, 1.165) is 5.56 Å². The zero-order valence-electron chi connectivity index (χ0n) is 11.3. The van der Waals surface area contributed by atoms with Gasteiger partial charge in [-0.05, 0) is 36.2 Å². The Morgan fingerprint density at radius 3 is 2.43 bits per heavy atom. The first-order chi connectivity index (χ1) is 9.91. The highest BCUT2D eigenvalue weighted by atomic mass is 35.5. The van der Waals surface area contributed by atoms with E-state index in [0.29, 0.717) is 21.8 Å². The molecule has 0 aromatic heterocycles. The average Bonchev–Trinajstić information content (AvgIpc) is 2.43. The van der Waals surface area contributed by atoms with Crippen LogP contribution in [-0.4, -0.2) is 8.42 Å². The highest BCUT2D eigenvalue weighted by molar-refractivity contribution is 7.91. The number of sulfonamides is 1. The quantitative estimate of drug-likeness (QED) is 0.937. The molecule has 1 N–H and O–H groups in total. The largest absolute Gasteiger partial charge is 0.281 e. The predicted octanol–water partition coefficient (Wildman–Crippen LogP) is 3.46. The molecule has 0 spiro atoms. The van der Waals surface area contributed by atoms with Gasteiger partial charge < -0.3 is 0 Å². The number of hydrogen-bond acceptors (Lipinski definition) is 3. The number of anilines is 1. The zero-order chi connectivity index (χ0) is 15.5. The highest BCUT2D eigenvalue weighted by Gasteiger charge is 2.15. The summed E-state index contributed by atoms with van der Waals surface area (Å²) in [5.74, 6) is -0.177. The van der Waals surface area contributed by atoms with E-state index < -0.39 is 10.0 Å². The molecule has 0 radical (unpaired) electrons. The fourth-order valence-electron chi connectivity index (χ4n) is 1.85. The van der Waals surface area contributed by atoms with Gasteiger partial charge in [-0.3, -0.25) is 4.72 Å². The van der Waals surface area contributed by atoms with Gasteiger partial charge in [0.2, 0.25) is 10.0 Å². The summed E-state index contributed by atoms with van der Waals surface area (Å²) in [4.78, 5) is 0. The molecule has 0 aliphatic carbocycles. The lowest BCUT2D eigenvalue weighted by molar-refractivity contribution is 0.600. The van der Waals surface area contributed by atoms with Gasteiger partial charge in [0.05, 0.1) is 28.1 Å². The van der Waals surface area contributed by atoms with E-state index in [4.69, 9.17) is 16.9 Å². The monoisotopic (exact) mass is 320 g/mol. The minimum absolute atomic E-state index is 0.177. The topological polar surface area (TPSA) is 70.0 Å². The lowest BCUT2D eigenvalue weighted by atomic mass is 10.2.